The van der Waals surface area contributed by atoms with E-state index in [0.717, 1.165) is 13.0 Å². The second-order valence-corrected chi connectivity index (χ2v) is 5.84. The first-order valence-corrected chi connectivity index (χ1v) is 7.31. The zero-order valence-electron chi connectivity index (χ0n) is 11.3. The zero-order valence-corrected chi connectivity index (χ0v) is 12.1. The molecule has 0 aromatic carbocycles. The number of aromatic nitrogens is 2. The summed E-state index contributed by atoms with van der Waals surface area (Å²) in [5, 5.41) is 10.1. The van der Waals surface area contributed by atoms with Gasteiger partial charge in [-0.1, -0.05) is 6.07 Å². The van der Waals surface area contributed by atoms with Crippen molar-refractivity contribution in [1.29, 1.82) is 0 Å². The van der Waals surface area contributed by atoms with Crippen LogP contribution in [0.15, 0.2) is 29.9 Å². The maximum atomic E-state index is 4.37. The van der Waals surface area contributed by atoms with Gasteiger partial charge in [0.2, 0.25) is 0 Å². The van der Waals surface area contributed by atoms with Gasteiger partial charge in [-0.3, -0.25) is 4.68 Å². The molecule has 0 aliphatic heterocycles. The van der Waals surface area contributed by atoms with E-state index in [0.29, 0.717) is 12.1 Å². The molecule has 3 nitrogen and oxygen atoms in total. The highest BCUT2D eigenvalue weighted by Crippen LogP contribution is 2.12. The van der Waals surface area contributed by atoms with E-state index in [1.807, 2.05) is 22.2 Å². The molecule has 18 heavy (non-hydrogen) atoms. The average molecular weight is 263 g/mol. The molecule has 0 saturated carbocycles. The molecule has 4 heteroatoms. The second-order valence-electron chi connectivity index (χ2n) is 4.81. The van der Waals surface area contributed by atoms with E-state index in [-0.39, 0.29) is 0 Å². The number of hydrogen-bond acceptors (Lipinski definition) is 3. The van der Waals surface area contributed by atoms with E-state index < -0.39 is 0 Å². The van der Waals surface area contributed by atoms with Crippen molar-refractivity contribution in [2.45, 2.75) is 39.3 Å². The fourth-order valence-electron chi connectivity index (χ4n) is 1.93. The Morgan fingerprint density at radius 1 is 1.44 bits per heavy atom. The van der Waals surface area contributed by atoms with Crippen molar-refractivity contribution in [3.63, 3.8) is 0 Å². The van der Waals surface area contributed by atoms with Gasteiger partial charge in [0.15, 0.2) is 0 Å². The minimum atomic E-state index is 0.377. The summed E-state index contributed by atoms with van der Waals surface area (Å²) in [4.78, 5) is 1.44. The zero-order chi connectivity index (χ0) is 13.0. The van der Waals surface area contributed by atoms with Gasteiger partial charge in [0, 0.05) is 23.7 Å². The molecule has 2 rings (SSSR count). The Morgan fingerprint density at radius 3 is 2.89 bits per heavy atom. The number of nitrogens with zero attached hydrogens (tertiary/aromatic N) is 2. The number of aryl methyl sites for hydroxylation is 1. The van der Waals surface area contributed by atoms with Crippen LogP contribution >= 0.6 is 11.3 Å². The van der Waals surface area contributed by atoms with Crippen molar-refractivity contribution in [2.75, 3.05) is 6.54 Å². The van der Waals surface area contributed by atoms with Crippen LogP contribution in [0.25, 0.3) is 0 Å². The van der Waals surface area contributed by atoms with Crippen molar-refractivity contribution in [3.8, 4) is 0 Å². The van der Waals surface area contributed by atoms with Crippen LogP contribution in [0.4, 0.5) is 0 Å². The molecule has 0 aliphatic rings. The Morgan fingerprint density at radius 2 is 2.28 bits per heavy atom. The van der Waals surface area contributed by atoms with Gasteiger partial charge >= 0.3 is 0 Å². The number of nitrogens with one attached hydrogen (secondary N) is 1. The molecule has 0 amide bonds. The topological polar surface area (TPSA) is 29.9 Å². The van der Waals surface area contributed by atoms with Crippen LogP contribution in [0.2, 0.25) is 0 Å². The van der Waals surface area contributed by atoms with Gasteiger partial charge in [0.25, 0.3) is 0 Å². The number of hydrogen-bond donors (Lipinski definition) is 1. The Bertz CT molecular complexity index is 461. The van der Waals surface area contributed by atoms with E-state index in [9.17, 15) is 0 Å². The highest BCUT2D eigenvalue weighted by Gasteiger charge is 2.13. The smallest absolute Gasteiger partial charge is 0.0641 e. The molecule has 0 spiro atoms. The van der Waals surface area contributed by atoms with Gasteiger partial charge in [-0.25, -0.2) is 0 Å². The van der Waals surface area contributed by atoms with Crippen LogP contribution in [0, 0.1) is 6.92 Å². The summed E-state index contributed by atoms with van der Waals surface area (Å²) in [6.07, 6.45) is 5.11. The third-order valence-corrected chi connectivity index (χ3v) is 4.23. The third-order valence-electron chi connectivity index (χ3n) is 3.29. The monoisotopic (exact) mass is 263 g/mol. The third kappa shape index (κ3) is 3.43. The quantitative estimate of drug-likeness (QED) is 0.868. The molecule has 0 unspecified atom stereocenters. The van der Waals surface area contributed by atoms with Crippen molar-refractivity contribution < 1.29 is 0 Å². The lowest BCUT2D eigenvalue weighted by atomic mass is 10.1. The van der Waals surface area contributed by atoms with Crippen LogP contribution in [-0.2, 0) is 6.42 Å². The molecule has 2 aromatic rings. The molecule has 2 atom stereocenters. The fraction of sp³-hybridized carbons (Fsp3) is 0.500. The predicted octanol–water partition coefficient (Wildman–Crippen LogP) is 3.03. The van der Waals surface area contributed by atoms with E-state index in [1.54, 1.807) is 0 Å². The first kappa shape index (κ1) is 13.3. The van der Waals surface area contributed by atoms with Crippen LogP contribution in [0.1, 0.15) is 30.3 Å². The fourth-order valence-corrected chi connectivity index (χ4v) is 2.64. The van der Waals surface area contributed by atoms with Gasteiger partial charge in [-0.15, -0.1) is 11.3 Å². The van der Waals surface area contributed by atoms with Crippen LogP contribution in [0.3, 0.4) is 0 Å². The highest BCUT2D eigenvalue weighted by atomic mass is 32.1. The van der Waals surface area contributed by atoms with Gasteiger partial charge in [0.05, 0.1) is 12.2 Å². The molecule has 1 N–H and O–H groups in total. The SMILES string of the molecule is Cc1cnn([C@@H](C)[C@H](C)NCCc2cccs2)c1. The minimum Gasteiger partial charge on any atom is -0.312 e. The summed E-state index contributed by atoms with van der Waals surface area (Å²) in [6, 6.07) is 5.10. The summed E-state index contributed by atoms with van der Waals surface area (Å²) < 4.78 is 2.04. The van der Waals surface area contributed by atoms with Crippen LogP contribution in [0.5, 0.6) is 0 Å². The number of thiophene rings is 1. The molecule has 98 valence electrons. The van der Waals surface area contributed by atoms with Gasteiger partial charge < -0.3 is 5.32 Å². The molecule has 0 fully saturated rings. The van der Waals surface area contributed by atoms with Crippen LogP contribution < -0.4 is 5.32 Å². The first-order valence-electron chi connectivity index (χ1n) is 6.43. The molecular formula is C14H21N3S. The largest absolute Gasteiger partial charge is 0.312 e. The molecule has 0 radical (unpaired) electrons. The van der Waals surface area contributed by atoms with Gasteiger partial charge in [-0.05, 0) is 44.2 Å². The maximum absolute atomic E-state index is 4.37. The van der Waals surface area contributed by atoms with Gasteiger partial charge in [0.1, 0.15) is 0 Å². The standard InChI is InChI=1S/C14H21N3S/c1-11-9-16-17(10-11)13(3)12(2)15-7-6-14-5-4-8-18-14/h4-5,8-10,12-13,15H,6-7H2,1-3H3/t12-,13-/m0/s1. The van der Waals surface area contributed by atoms with E-state index in [4.69, 9.17) is 0 Å². The normalized spacial score (nSPS) is 14.6. The van der Waals surface area contributed by atoms with Crippen LogP contribution in [-0.4, -0.2) is 22.4 Å². The Balaban J connectivity index is 1.79. The Hall–Kier alpha value is -1.13. The molecular weight excluding hydrogens is 242 g/mol. The average Bonchev–Trinajstić information content (AvgIpc) is 2.99. The maximum Gasteiger partial charge on any atom is 0.0641 e. The Labute approximate surface area is 113 Å². The lowest BCUT2D eigenvalue weighted by Crippen LogP contribution is -2.35. The van der Waals surface area contributed by atoms with Crippen molar-refractivity contribution in [3.05, 3.63) is 40.3 Å². The summed E-state index contributed by atoms with van der Waals surface area (Å²) in [5.74, 6) is 0. The highest BCUT2D eigenvalue weighted by molar-refractivity contribution is 7.09. The summed E-state index contributed by atoms with van der Waals surface area (Å²) in [7, 11) is 0. The molecule has 0 bridgehead atoms. The summed E-state index contributed by atoms with van der Waals surface area (Å²) >= 11 is 1.83. The first-order chi connectivity index (χ1) is 8.66. The van der Waals surface area contributed by atoms with Crippen molar-refractivity contribution in [1.82, 2.24) is 15.1 Å². The van der Waals surface area contributed by atoms with E-state index in [1.165, 1.54) is 10.4 Å². The van der Waals surface area contributed by atoms with Crippen molar-refractivity contribution >= 4 is 11.3 Å². The second kappa shape index (κ2) is 6.16. The molecule has 2 aromatic heterocycles. The summed E-state index contributed by atoms with van der Waals surface area (Å²) in [6.45, 7) is 7.52. The molecule has 0 saturated heterocycles. The molecule has 2 heterocycles. The van der Waals surface area contributed by atoms with Gasteiger partial charge in [-0.2, -0.15) is 5.10 Å². The lowest BCUT2D eigenvalue weighted by Gasteiger charge is -2.21. The molecule has 0 aliphatic carbocycles. The summed E-state index contributed by atoms with van der Waals surface area (Å²) in [5.41, 5.74) is 1.22. The Kier molecular flexibility index (Phi) is 4.55. The van der Waals surface area contributed by atoms with Crippen molar-refractivity contribution in [2.24, 2.45) is 0 Å². The number of rotatable bonds is 6. The minimum absolute atomic E-state index is 0.377. The van der Waals surface area contributed by atoms with E-state index in [2.05, 4.69) is 54.9 Å². The van der Waals surface area contributed by atoms with E-state index >= 15 is 0 Å². The predicted molar refractivity (Wildman–Crippen MR) is 77.2 cm³/mol. The lowest BCUT2D eigenvalue weighted by molar-refractivity contribution is 0.368.